The molecule has 3 aliphatic heterocycles. The lowest BCUT2D eigenvalue weighted by atomic mass is 9.80. The molecule has 4 rings (SSSR count). The molecule has 1 aliphatic carbocycles. The van der Waals surface area contributed by atoms with Crippen LogP contribution in [0.25, 0.3) is 0 Å². The number of carbonyl (C=O) groups is 1. The van der Waals surface area contributed by atoms with Crippen LogP contribution in [0.1, 0.15) is 25.7 Å². The van der Waals surface area contributed by atoms with E-state index < -0.39 is 0 Å². The molecular weight excluding hydrogens is 202 g/mol. The van der Waals surface area contributed by atoms with Gasteiger partial charge in [-0.1, -0.05) is 18.6 Å². The first-order chi connectivity index (χ1) is 7.79. The highest BCUT2D eigenvalue weighted by atomic mass is 16.6. The predicted molar refractivity (Wildman–Crippen MR) is 58.8 cm³/mol. The Kier molecular flexibility index (Phi) is 1.56. The molecule has 3 heterocycles. The summed E-state index contributed by atoms with van der Waals surface area (Å²) in [5.74, 6) is -0.146. The summed E-state index contributed by atoms with van der Waals surface area (Å²) < 4.78 is 5.69. The molecule has 0 amide bonds. The molecule has 0 aromatic rings. The summed E-state index contributed by atoms with van der Waals surface area (Å²) in [5.41, 5.74) is 0.833. The Balaban J connectivity index is 1.84. The number of fused-ring (bicyclic) bond motifs is 3. The maximum atomic E-state index is 11.5. The Morgan fingerprint density at radius 2 is 2.38 bits per heavy atom. The molecule has 2 bridgehead atoms. The highest BCUT2D eigenvalue weighted by molar-refractivity contribution is 5.88. The molecule has 0 unspecified atom stereocenters. The first kappa shape index (κ1) is 8.99. The summed E-state index contributed by atoms with van der Waals surface area (Å²) in [6, 6.07) is 0.923. The Labute approximate surface area is 94.8 Å². The molecule has 0 aromatic carbocycles. The second-order valence-corrected chi connectivity index (χ2v) is 5.29. The van der Waals surface area contributed by atoms with Gasteiger partial charge < -0.3 is 4.74 Å². The minimum absolute atomic E-state index is 0.146. The van der Waals surface area contributed by atoms with Crippen molar-refractivity contribution in [2.24, 2.45) is 0 Å². The molecule has 3 atom stereocenters. The zero-order valence-electron chi connectivity index (χ0n) is 9.19. The lowest BCUT2D eigenvalue weighted by molar-refractivity contribution is -0.148. The summed E-state index contributed by atoms with van der Waals surface area (Å²) in [6.07, 6.45) is 10.7. The molecule has 0 radical (unpaired) electrons. The number of esters is 1. The van der Waals surface area contributed by atoms with E-state index in [-0.39, 0.29) is 11.6 Å². The van der Waals surface area contributed by atoms with E-state index in [1.165, 1.54) is 19.3 Å². The van der Waals surface area contributed by atoms with Crippen LogP contribution in [-0.2, 0) is 9.53 Å². The van der Waals surface area contributed by atoms with Crippen molar-refractivity contribution < 1.29 is 9.53 Å². The average Bonchev–Trinajstić information content (AvgIpc) is 2.76. The number of piperidine rings is 1. The molecule has 1 spiro atoms. The zero-order valence-corrected chi connectivity index (χ0v) is 9.19. The number of rotatable bonds is 0. The minimum Gasteiger partial charge on any atom is -0.449 e. The SMILES string of the molecule is O=C1C=C2C=C[C@@H]3C[C@@]2(O1)[C@H]1CCCCN31. The fourth-order valence-electron chi connectivity index (χ4n) is 3.94. The van der Waals surface area contributed by atoms with Gasteiger partial charge in [-0.05, 0) is 19.4 Å². The molecule has 0 N–H and O–H groups in total. The van der Waals surface area contributed by atoms with Crippen molar-refractivity contribution in [3.05, 3.63) is 23.8 Å². The van der Waals surface area contributed by atoms with E-state index in [0.717, 1.165) is 18.5 Å². The van der Waals surface area contributed by atoms with E-state index in [2.05, 4.69) is 17.1 Å². The number of carbonyl (C=O) groups excluding carboxylic acids is 1. The third-order valence-corrected chi connectivity index (χ3v) is 4.56. The first-order valence-corrected chi connectivity index (χ1v) is 6.19. The van der Waals surface area contributed by atoms with E-state index in [0.29, 0.717) is 12.1 Å². The Hall–Kier alpha value is -1.09. The quantitative estimate of drug-likeness (QED) is 0.574. The van der Waals surface area contributed by atoms with Crippen LogP contribution in [0, 0.1) is 0 Å². The third kappa shape index (κ3) is 0.908. The minimum atomic E-state index is -0.281. The van der Waals surface area contributed by atoms with Gasteiger partial charge in [0.05, 0.1) is 6.04 Å². The van der Waals surface area contributed by atoms with Crippen LogP contribution >= 0.6 is 0 Å². The van der Waals surface area contributed by atoms with Gasteiger partial charge in [-0.2, -0.15) is 0 Å². The van der Waals surface area contributed by atoms with Crippen molar-refractivity contribution in [1.29, 1.82) is 0 Å². The molecular formula is C13H15NO2. The Morgan fingerprint density at radius 1 is 1.44 bits per heavy atom. The van der Waals surface area contributed by atoms with Crippen molar-refractivity contribution in [3.8, 4) is 0 Å². The van der Waals surface area contributed by atoms with Gasteiger partial charge in [0, 0.05) is 24.1 Å². The van der Waals surface area contributed by atoms with Crippen molar-refractivity contribution in [3.63, 3.8) is 0 Å². The molecule has 3 nitrogen and oxygen atoms in total. The molecule has 0 aromatic heterocycles. The van der Waals surface area contributed by atoms with Crippen LogP contribution in [0.2, 0.25) is 0 Å². The van der Waals surface area contributed by atoms with Gasteiger partial charge in [-0.15, -0.1) is 0 Å². The van der Waals surface area contributed by atoms with E-state index in [4.69, 9.17) is 4.74 Å². The van der Waals surface area contributed by atoms with Crippen LogP contribution in [0.5, 0.6) is 0 Å². The molecule has 2 saturated heterocycles. The van der Waals surface area contributed by atoms with Crippen LogP contribution in [-0.4, -0.2) is 35.1 Å². The van der Waals surface area contributed by atoms with E-state index in [1.807, 2.05) is 0 Å². The summed E-state index contributed by atoms with van der Waals surface area (Å²) in [5, 5.41) is 0. The fourth-order valence-corrected chi connectivity index (χ4v) is 3.94. The van der Waals surface area contributed by atoms with Gasteiger partial charge in [0.15, 0.2) is 5.60 Å². The van der Waals surface area contributed by atoms with Crippen LogP contribution in [0.4, 0.5) is 0 Å². The number of ether oxygens (including phenoxy) is 1. The molecule has 84 valence electrons. The Bertz CT molecular complexity index is 426. The van der Waals surface area contributed by atoms with Crippen LogP contribution in [0.3, 0.4) is 0 Å². The lowest BCUT2D eigenvalue weighted by Crippen LogP contribution is -2.48. The third-order valence-electron chi connectivity index (χ3n) is 4.56. The molecule has 0 saturated carbocycles. The van der Waals surface area contributed by atoms with Crippen molar-refractivity contribution in [1.82, 2.24) is 4.90 Å². The second-order valence-electron chi connectivity index (χ2n) is 5.29. The molecule has 16 heavy (non-hydrogen) atoms. The second kappa shape index (κ2) is 2.77. The average molecular weight is 217 g/mol. The molecule has 3 heteroatoms. The van der Waals surface area contributed by atoms with Gasteiger partial charge >= 0.3 is 5.97 Å². The van der Waals surface area contributed by atoms with Crippen molar-refractivity contribution in [2.45, 2.75) is 43.4 Å². The Morgan fingerprint density at radius 3 is 3.31 bits per heavy atom. The fraction of sp³-hybridized carbons (Fsp3) is 0.615. The number of hydrogen-bond donors (Lipinski definition) is 0. The van der Waals surface area contributed by atoms with E-state index in [9.17, 15) is 4.79 Å². The summed E-state index contributed by atoms with van der Waals surface area (Å²) >= 11 is 0. The number of hydrogen-bond acceptors (Lipinski definition) is 3. The van der Waals surface area contributed by atoms with Crippen molar-refractivity contribution >= 4 is 5.97 Å². The largest absolute Gasteiger partial charge is 0.449 e. The highest BCUT2D eigenvalue weighted by Crippen LogP contribution is 2.51. The maximum Gasteiger partial charge on any atom is 0.332 e. The maximum absolute atomic E-state index is 11.5. The molecule has 2 fully saturated rings. The zero-order chi connectivity index (χ0) is 10.8. The summed E-state index contributed by atoms with van der Waals surface area (Å²) in [7, 11) is 0. The van der Waals surface area contributed by atoms with Gasteiger partial charge in [-0.3, -0.25) is 4.90 Å². The lowest BCUT2D eigenvalue weighted by Gasteiger charge is -2.37. The normalized spacial score (nSPS) is 45.0. The van der Waals surface area contributed by atoms with Gasteiger partial charge in [-0.25, -0.2) is 4.79 Å². The van der Waals surface area contributed by atoms with Gasteiger partial charge in [0.25, 0.3) is 0 Å². The van der Waals surface area contributed by atoms with E-state index >= 15 is 0 Å². The standard InChI is InChI=1S/C13H15NO2/c15-12-7-9-4-5-10-8-13(9,16-12)11-3-1-2-6-14(10)11/h4-5,7,10-11H,1-3,6,8H2/t10-,11-,13+/m1/s1. The van der Waals surface area contributed by atoms with Crippen LogP contribution < -0.4 is 0 Å². The van der Waals surface area contributed by atoms with Gasteiger partial charge in [0.2, 0.25) is 0 Å². The highest BCUT2D eigenvalue weighted by Gasteiger charge is 2.59. The summed E-state index contributed by atoms with van der Waals surface area (Å²) in [6.45, 7) is 1.16. The molecule has 4 aliphatic rings. The van der Waals surface area contributed by atoms with Gasteiger partial charge in [0.1, 0.15) is 0 Å². The van der Waals surface area contributed by atoms with Crippen LogP contribution in [0.15, 0.2) is 23.8 Å². The summed E-state index contributed by atoms with van der Waals surface area (Å²) in [4.78, 5) is 14.1. The first-order valence-electron chi connectivity index (χ1n) is 6.19. The predicted octanol–water partition coefficient (Wildman–Crippen LogP) is 1.41. The van der Waals surface area contributed by atoms with Crippen molar-refractivity contribution in [2.75, 3.05) is 6.54 Å². The monoisotopic (exact) mass is 217 g/mol. The van der Waals surface area contributed by atoms with E-state index in [1.54, 1.807) is 6.08 Å². The topological polar surface area (TPSA) is 29.5 Å². The smallest absolute Gasteiger partial charge is 0.332 e. The number of nitrogens with zero attached hydrogens (tertiary/aromatic N) is 1.